The Morgan fingerprint density at radius 2 is 1.94 bits per heavy atom. The number of phenolic OH excluding ortho intramolecular Hbond substituents is 1. The number of hydrogen-bond donors (Lipinski definition) is 2. The first kappa shape index (κ1) is 24.0. The van der Waals surface area contributed by atoms with Crippen molar-refractivity contribution in [3.63, 3.8) is 0 Å². The van der Waals surface area contributed by atoms with Gasteiger partial charge in [0.25, 0.3) is 0 Å². The number of aromatic hydroxyl groups is 1. The third kappa shape index (κ3) is 4.21. The molecule has 0 radical (unpaired) electrons. The smallest absolute Gasteiger partial charge is 0.404 e. The summed E-state index contributed by atoms with van der Waals surface area (Å²) in [5.41, 5.74) is 1.07. The number of benzene rings is 1. The third-order valence-corrected chi connectivity index (χ3v) is 7.51. The molecule has 1 fully saturated rings. The van der Waals surface area contributed by atoms with Crippen LogP contribution in [0.1, 0.15) is 44.2 Å². The number of phenols is 1. The van der Waals surface area contributed by atoms with Gasteiger partial charge in [0.15, 0.2) is 11.6 Å². The minimum absolute atomic E-state index is 0.0519. The van der Waals surface area contributed by atoms with Crippen LogP contribution in [0.15, 0.2) is 35.4 Å². The largest absolute Gasteiger partial charge is 0.505 e. The molecule has 1 aromatic carbocycles. The van der Waals surface area contributed by atoms with Gasteiger partial charge in [0.2, 0.25) is 10.0 Å². The van der Waals surface area contributed by atoms with Gasteiger partial charge < -0.3 is 9.67 Å². The highest BCUT2D eigenvalue weighted by molar-refractivity contribution is 7.89. The zero-order valence-electron chi connectivity index (χ0n) is 17.9. The lowest BCUT2D eigenvalue weighted by atomic mass is 10.1. The summed E-state index contributed by atoms with van der Waals surface area (Å²) in [6.45, 7) is 0.688. The zero-order valence-corrected chi connectivity index (χ0v) is 18.7. The average molecular weight is 496 g/mol. The van der Waals surface area contributed by atoms with E-state index in [-0.39, 0.29) is 22.7 Å². The summed E-state index contributed by atoms with van der Waals surface area (Å²) in [5, 5.41) is 20.1. The molecule has 12 heteroatoms. The molecule has 180 valence electrons. The van der Waals surface area contributed by atoms with E-state index < -0.39 is 38.7 Å². The Labute approximate surface area is 192 Å². The molecule has 2 N–H and O–H groups in total. The molecule has 7 nitrogen and oxygen atoms in total. The monoisotopic (exact) mass is 496 g/mol. The Hall–Kier alpha value is -3.17. The minimum atomic E-state index is -4.76. The first-order valence-corrected chi connectivity index (χ1v) is 11.9. The van der Waals surface area contributed by atoms with Crippen LogP contribution in [0.4, 0.5) is 17.6 Å². The summed E-state index contributed by atoms with van der Waals surface area (Å²) in [7, 11) is -4.51. The number of aromatic nitrogens is 2. The van der Waals surface area contributed by atoms with E-state index in [1.807, 2.05) is 0 Å². The van der Waals surface area contributed by atoms with Gasteiger partial charge in [0.1, 0.15) is 17.0 Å². The van der Waals surface area contributed by atoms with E-state index in [1.54, 1.807) is 9.29 Å². The number of rotatable bonds is 5. The molecule has 3 aromatic rings. The molecular weight excluding hydrogens is 476 g/mol. The Morgan fingerprint density at radius 1 is 1.26 bits per heavy atom. The van der Waals surface area contributed by atoms with Crippen LogP contribution in [-0.4, -0.2) is 35.3 Å². The van der Waals surface area contributed by atoms with Crippen LogP contribution in [0.5, 0.6) is 5.75 Å². The number of halogens is 4. The predicted octanol–water partition coefficient (Wildman–Crippen LogP) is 4.76. The van der Waals surface area contributed by atoms with Gasteiger partial charge in [0.05, 0.1) is 22.5 Å². The third-order valence-electron chi connectivity index (χ3n) is 5.99. The van der Waals surface area contributed by atoms with E-state index in [2.05, 4.69) is 11.1 Å². The van der Waals surface area contributed by atoms with Crippen LogP contribution in [-0.2, 0) is 10.0 Å². The molecule has 4 rings (SSSR count). The van der Waals surface area contributed by atoms with Gasteiger partial charge in [-0.15, -0.1) is 0 Å². The lowest BCUT2D eigenvalue weighted by Gasteiger charge is -2.19. The molecule has 0 aliphatic heterocycles. The number of sulfonamides is 1. The standard InChI is InChI=1S/C22H20F4N4O3S/c1-12(22(24,25)26)29-34(32,33)14-6-7-18(28-11-14)21-16(10-27)15-8-17(23)20(31)9-19(15)30(21)13-4-2-3-5-13/h6-9,11-13,29,31H,2-5H2,1H3. The molecule has 0 amide bonds. The van der Waals surface area contributed by atoms with Crippen molar-refractivity contribution in [3.05, 3.63) is 41.8 Å². The van der Waals surface area contributed by atoms with Crippen LogP contribution >= 0.6 is 0 Å². The maximum absolute atomic E-state index is 14.1. The van der Waals surface area contributed by atoms with Gasteiger partial charge >= 0.3 is 6.18 Å². The quantitative estimate of drug-likeness (QED) is 0.495. The number of hydrogen-bond acceptors (Lipinski definition) is 5. The second kappa shape index (κ2) is 8.56. The van der Waals surface area contributed by atoms with Crippen molar-refractivity contribution in [2.75, 3.05) is 0 Å². The first-order chi connectivity index (χ1) is 15.9. The van der Waals surface area contributed by atoms with E-state index >= 15 is 0 Å². The maximum atomic E-state index is 14.1. The summed E-state index contributed by atoms with van der Waals surface area (Å²) in [6.07, 6.45) is -0.405. The summed E-state index contributed by atoms with van der Waals surface area (Å²) >= 11 is 0. The van der Waals surface area contributed by atoms with Crippen molar-refractivity contribution in [3.8, 4) is 23.2 Å². The van der Waals surface area contributed by atoms with Crippen molar-refractivity contribution in [1.82, 2.24) is 14.3 Å². The molecule has 1 unspecified atom stereocenters. The first-order valence-electron chi connectivity index (χ1n) is 10.5. The second-order valence-electron chi connectivity index (χ2n) is 8.23. The number of alkyl halides is 3. The highest BCUT2D eigenvalue weighted by Crippen LogP contribution is 2.42. The highest BCUT2D eigenvalue weighted by atomic mass is 32.2. The van der Waals surface area contributed by atoms with Crippen LogP contribution in [0.3, 0.4) is 0 Å². The van der Waals surface area contributed by atoms with Gasteiger partial charge in [-0.25, -0.2) is 12.8 Å². The topological polar surface area (TPSA) is 108 Å². The van der Waals surface area contributed by atoms with Crippen LogP contribution < -0.4 is 4.72 Å². The van der Waals surface area contributed by atoms with E-state index in [0.717, 1.165) is 44.0 Å². The van der Waals surface area contributed by atoms with Gasteiger partial charge in [-0.3, -0.25) is 4.98 Å². The number of nitriles is 1. The van der Waals surface area contributed by atoms with Crippen molar-refractivity contribution in [2.45, 2.75) is 55.8 Å². The van der Waals surface area contributed by atoms with E-state index in [9.17, 15) is 36.3 Å². The SMILES string of the molecule is CC(NS(=O)(=O)c1ccc(-c2c(C#N)c3cc(F)c(O)cc3n2C2CCCC2)nc1)C(F)(F)F. The summed E-state index contributed by atoms with van der Waals surface area (Å²) in [5.74, 6) is -1.46. The van der Waals surface area contributed by atoms with Crippen molar-refractivity contribution in [2.24, 2.45) is 0 Å². The lowest BCUT2D eigenvalue weighted by molar-refractivity contribution is -0.147. The molecule has 2 heterocycles. The van der Waals surface area contributed by atoms with E-state index in [0.29, 0.717) is 18.1 Å². The molecule has 0 saturated heterocycles. The Balaban J connectivity index is 1.84. The van der Waals surface area contributed by atoms with Crippen molar-refractivity contribution >= 4 is 20.9 Å². The molecule has 0 spiro atoms. The van der Waals surface area contributed by atoms with E-state index in [4.69, 9.17) is 0 Å². The molecule has 1 aliphatic rings. The molecule has 1 saturated carbocycles. The highest BCUT2D eigenvalue weighted by Gasteiger charge is 2.39. The maximum Gasteiger partial charge on any atom is 0.404 e. The number of pyridine rings is 1. The summed E-state index contributed by atoms with van der Waals surface area (Å²) in [4.78, 5) is 3.66. The number of nitrogens with zero attached hydrogens (tertiary/aromatic N) is 3. The molecule has 1 aliphatic carbocycles. The second-order valence-corrected chi connectivity index (χ2v) is 9.94. The Kier molecular flexibility index (Phi) is 6.03. The Bertz CT molecular complexity index is 1390. The van der Waals surface area contributed by atoms with Crippen LogP contribution in [0.2, 0.25) is 0 Å². The van der Waals surface area contributed by atoms with Crippen LogP contribution in [0, 0.1) is 17.1 Å². The van der Waals surface area contributed by atoms with Crippen molar-refractivity contribution in [1.29, 1.82) is 5.26 Å². The fourth-order valence-electron chi connectivity index (χ4n) is 4.27. The lowest BCUT2D eigenvalue weighted by Crippen LogP contribution is -2.42. The van der Waals surface area contributed by atoms with Gasteiger partial charge in [-0.05, 0) is 38.0 Å². The molecule has 0 bridgehead atoms. The molecular formula is C22H20F4N4O3S. The normalized spacial score (nSPS) is 16.1. The Morgan fingerprint density at radius 3 is 2.50 bits per heavy atom. The van der Waals surface area contributed by atoms with Gasteiger partial charge in [-0.2, -0.15) is 23.2 Å². The molecule has 1 atom stereocenters. The fraction of sp³-hybridized carbons (Fsp3) is 0.364. The minimum Gasteiger partial charge on any atom is -0.505 e. The number of nitrogens with one attached hydrogen (secondary N) is 1. The number of fused-ring (bicyclic) bond motifs is 1. The average Bonchev–Trinajstić information content (AvgIpc) is 3.39. The summed E-state index contributed by atoms with van der Waals surface area (Å²) in [6, 6.07) is 4.41. The van der Waals surface area contributed by atoms with Gasteiger partial charge in [-0.1, -0.05) is 12.8 Å². The summed E-state index contributed by atoms with van der Waals surface area (Å²) < 4.78 is 80.6. The van der Waals surface area contributed by atoms with Crippen molar-refractivity contribution < 1.29 is 31.1 Å². The fourth-order valence-corrected chi connectivity index (χ4v) is 5.45. The molecule has 34 heavy (non-hydrogen) atoms. The van der Waals surface area contributed by atoms with Crippen LogP contribution in [0.25, 0.3) is 22.3 Å². The predicted molar refractivity (Wildman–Crippen MR) is 115 cm³/mol. The van der Waals surface area contributed by atoms with E-state index in [1.165, 1.54) is 12.1 Å². The van der Waals surface area contributed by atoms with Gasteiger partial charge in [0, 0.05) is 23.7 Å². The zero-order chi connectivity index (χ0) is 24.8. The molecule has 2 aromatic heterocycles.